The normalized spacial score (nSPS) is 26.6. The second-order valence-corrected chi connectivity index (χ2v) is 4.56. The van der Waals surface area contributed by atoms with Gasteiger partial charge in [-0.15, -0.1) is 0 Å². The van der Waals surface area contributed by atoms with Crippen LogP contribution in [0.5, 0.6) is 0 Å². The van der Waals surface area contributed by atoms with Gasteiger partial charge in [0.1, 0.15) is 0 Å². The van der Waals surface area contributed by atoms with Crippen LogP contribution in [0, 0.1) is 0 Å². The fourth-order valence-corrected chi connectivity index (χ4v) is 1.73. The van der Waals surface area contributed by atoms with Gasteiger partial charge in [0.25, 0.3) is 0 Å². The van der Waals surface area contributed by atoms with E-state index in [0.29, 0.717) is 78.4 Å². The van der Waals surface area contributed by atoms with E-state index in [1.807, 2.05) is 0 Å². The first-order valence-corrected chi connectivity index (χ1v) is 7.68. The Hall–Kier alpha value is 0.110. The molecular weight excluding hydrogens is 284 g/mol. The predicted molar refractivity (Wildman–Crippen MR) is 77.7 cm³/mol. The monoisotopic (exact) mass is 310 g/mol. The third-order valence-corrected chi connectivity index (χ3v) is 2.98. The van der Waals surface area contributed by atoms with Crippen LogP contribution in [-0.2, 0) is 28.4 Å². The molecule has 0 spiro atoms. The lowest BCUT2D eigenvalue weighted by Crippen LogP contribution is -2.25. The highest BCUT2D eigenvalue weighted by atomic mass is 32.1. The molecule has 120 valence electrons. The van der Waals surface area contributed by atoms with Gasteiger partial charge >= 0.3 is 0 Å². The molecule has 0 amide bonds. The van der Waals surface area contributed by atoms with E-state index in [4.69, 9.17) is 28.4 Å². The average Bonchev–Trinajstić information content (AvgIpc) is 2.47. The minimum absolute atomic E-state index is 0.0135. The first kappa shape index (κ1) is 18.2. The van der Waals surface area contributed by atoms with Gasteiger partial charge in [-0.3, -0.25) is 0 Å². The molecule has 7 heteroatoms. The molecule has 1 rings (SSSR count). The molecule has 0 aromatic carbocycles. The number of ether oxygens (including phenoxy) is 6. The van der Waals surface area contributed by atoms with Gasteiger partial charge in [-0.25, -0.2) is 0 Å². The molecule has 1 unspecified atom stereocenters. The first-order chi connectivity index (χ1) is 9.93. The average molecular weight is 310 g/mol. The van der Waals surface area contributed by atoms with Crippen molar-refractivity contribution in [1.82, 2.24) is 0 Å². The Morgan fingerprint density at radius 2 is 1.00 bits per heavy atom. The molecular formula is C13H26O6S. The van der Waals surface area contributed by atoms with Crippen LogP contribution < -0.4 is 0 Å². The zero-order valence-electron chi connectivity index (χ0n) is 12.0. The van der Waals surface area contributed by atoms with E-state index < -0.39 is 0 Å². The molecule has 0 radical (unpaired) electrons. The maximum Gasteiger partial charge on any atom is 0.0897 e. The molecule has 0 N–H and O–H groups in total. The van der Waals surface area contributed by atoms with E-state index in [2.05, 4.69) is 12.6 Å². The van der Waals surface area contributed by atoms with E-state index in [0.717, 1.165) is 0 Å². The Kier molecular flexibility index (Phi) is 12.8. The predicted octanol–water partition coefficient (Wildman–Crippen LogP) is 0.398. The van der Waals surface area contributed by atoms with E-state index in [-0.39, 0.29) is 6.10 Å². The minimum atomic E-state index is -0.0135. The van der Waals surface area contributed by atoms with Crippen LogP contribution >= 0.6 is 12.6 Å². The van der Waals surface area contributed by atoms with E-state index in [1.54, 1.807) is 0 Å². The summed E-state index contributed by atoms with van der Waals surface area (Å²) in [6.07, 6.45) is -0.0135. The summed E-state index contributed by atoms with van der Waals surface area (Å²) in [6, 6.07) is 0. The Balaban J connectivity index is 2.14. The van der Waals surface area contributed by atoms with E-state index >= 15 is 0 Å². The lowest BCUT2D eigenvalue weighted by Gasteiger charge is -2.16. The van der Waals surface area contributed by atoms with Gasteiger partial charge in [-0.1, -0.05) is 0 Å². The first-order valence-electron chi connectivity index (χ1n) is 7.04. The number of thiol groups is 1. The summed E-state index contributed by atoms with van der Waals surface area (Å²) < 4.78 is 32.6. The van der Waals surface area contributed by atoms with Crippen LogP contribution in [0.15, 0.2) is 0 Å². The molecule has 0 aromatic heterocycles. The van der Waals surface area contributed by atoms with Crippen LogP contribution in [0.3, 0.4) is 0 Å². The van der Waals surface area contributed by atoms with Crippen molar-refractivity contribution >= 4 is 12.6 Å². The topological polar surface area (TPSA) is 55.4 Å². The highest BCUT2D eigenvalue weighted by Gasteiger charge is 2.07. The smallest absolute Gasteiger partial charge is 0.0897 e. The number of hydrogen-bond donors (Lipinski definition) is 1. The molecule has 0 saturated carbocycles. The molecule has 1 atom stereocenters. The Bertz CT molecular complexity index is 189. The summed E-state index contributed by atoms with van der Waals surface area (Å²) in [5.41, 5.74) is 0. The van der Waals surface area contributed by atoms with Crippen LogP contribution in [0.4, 0.5) is 0 Å². The summed E-state index contributed by atoms with van der Waals surface area (Å²) in [7, 11) is 0. The second-order valence-electron chi connectivity index (χ2n) is 4.20. The van der Waals surface area contributed by atoms with Gasteiger partial charge in [-0.05, 0) is 0 Å². The Labute approximate surface area is 126 Å². The third kappa shape index (κ3) is 10.8. The van der Waals surface area contributed by atoms with Crippen LogP contribution in [0.25, 0.3) is 0 Å². The molecule has 6 nitrogen and oxygen atoms in total. The maximum atomic E-state index is 5.61. The number of hydrogen-bond acceptors (Lipinski definition) is 7. The molecule has 1 heterocycles. The largest absolute Gasteiger partial charge is 0.377 e. The summed E-state index contributed by atoms with van der Waals surface area (Å²) in [6.45, 7) is 6.13. The fourth-order valence-electron chi connectivity index (χ4n) is 1.52. The molecule has 1 saturated heterocycles. The third-order valence-electron chi connectivity index (χ3n) is 2.58. The zero-order chi connectivity index (χ0) is 14.3. The summed E-state index contributed by atoms with van der Waals surface area (Å²) in [5, 5.41) is 0. The SMILES string of the molecule is SCC1COCCOCCOCCOCCOCCO1. The van der Waals surface area contributed by atoms with Crippen molar-refractivity contribution in [1.29, 1.82) is 0 Å². The molecule has 1 fully saturated rings. The summed E-state index contributed by atoms with van der Waals surface area (Å²) in [4.78, 5) is 0. The van der Waals surface area contributed by atoms with Gasteiger partial charge in [0, 0.05) is 5.75 Å². The van der Waals surface area contributed by atoms with E-state index in [1.165, 1.54) is 0 Å². The second kappa shape index (κ2) is 14.1. The van der Waals surface area contributed by atoms with Crippen molar-refractivity contribution in [3.8, 4) is 0 Å². The maximum absolute atomic E-state index is 5.61. The van der Waals surface area contributed by atoms with Crippen molar-refractivity contribution in [2.75, 3.05) is 78.4 Å². The molecule has 1 aliphatic heterocycles. The van der Waals surface area contributed by atoms with Crippen molar-refractivity contribution in [3.63, 3.8) is 0 Å². The standard InChI is InChI=1S/C13H26O6S/c20-12-13-11-18-8-7-16-4-3-14-1-2-15-5-6-17-9-10-19-13/h13,20H,1-12H2. The Morgan fingerprint density at radius 1 is 0.600 bits per heavy atom. The van der Waals surface area contributed by atoms with Crippen LogP contribution in [0.1, 0.15) is 0 Å². The fraction of sp³-hybridized carbons (Fsp3) is 1.00. The van der Waals surface area contributed by atoms with Gasteiger partial charge in [0.05, 0.1) is 78.8 Å². The highest BCUT2D eigenvalue weighted by molar-refractivity contribution is 7.80. The number of rotatable bonds is 1. The van der Waals surface area contributed by atoms with E-state index in [9.17, 15) is 0 Å². The Morgan fingerprint density at radius 3 is 1.45 bits per heavy atom. The van der Waals surface area contributed by atoms with Gasteiger partial charge < -0.3 is 28.4 Å². The van der Waals surface area contributed by atoms with Crippen LogP contribution in [0.2, 0.25) is 0 Å². The lowest BCUT2D eigenvalue weighted by atomic mass is 10.4. The van der Waals surface area contributed by atoms with Crippen molar-refractivity contribution in [2.24, 2.45) is 0 Å². The quantitative estimate of drug-likeness (QED) is 0.708. The van der Waals surface area contributed by atoms with Crippen molar-refractivity contribution in [2.45, 2.75) is 6.10 Å². The van der Waals surface area contributed by atoms with Gasteiger partial charge in [-0.2, -0.15) is 12.6 Å². The molecule has 0 aromatic rings. The van der Waals surface area contributed by atoms with Gasteiger partial charge in [0.2, 0.25) is 0 Å². The van der Waals surface area contributed by atoms with Gasteiger partial charge in [0.15, 0.2) is 0 Å². The lowest BCUT2D eigenvalue weighted by molar-refractivity contribution is -0.0537. The van der Waals surface area contributed by atoms with Crippen LogP contribution in [-0.4, -0.2) is 84.5 Å². The van der Waals surface area contributed by atoms with Crippen molar-refractivity contribution in [3.05, 3.63) is 0 Å². The summed E-state index contributed by atoms with van der Waals surface area (Å²) in [5.74, 6) is 0.623. The summed E-state index contributed by atoms with van der Waals surface area (Å²) >= 11 is 4.24. The highest BCUT2D eigenvalue weighted by Crippen LogP contribution is 1.97. The molecule has 0 bridgehead atoms. The van der Waals surface area contributed by atoms with Crippen molar-refractivity contribution < 1.29 is 28.4 Å². The molecule has 0 aliphatic carbocycles. The molecule has 20 heavy (non-hydrogen) atoms. The minimum Gasteiger partial charge on any atom is -0.377 e. The zero-order valence-corrected chi connectivity index (χ0v) is 12.9. The molecule has 1 aliphatic rings.